The monoisotopic (exact) mass is 340 g/mol. The topological polar surface area (TPSA) is 50.6 Å². The van der Waals surface area contributed by atoms with E-state index in [1.807, 2.05) is 34.7 Å². The lowest BCUT2D eigenvalue weighted by atomic mass is 10.0. The third-order valence-electron chi connectivity index (χ3n) is 5.98. The van der Waals surface area contributed by atoms with Crippen molar-refractivity contribution in [2.24, 2.45) is 13.0 Å². The Kier molecular flexibility index (Phi) is 3.57. The Morgan fingerprint density at radius 1 is 1.24 bits per heavy atom. The maximum atomic E-state index is 13.0. The number of ether oxygens (including phenoxy) is 1. The highest BCUT2D eigenvalue weighted by molar-refractivity contribution is 5.97. The lowest BCUT2D eigenvalue weighted by Crippen LogP contribution is -2.63. The van der Waals surface area contributed by atoms with Crippen LogP contribution < -0.4 is 0 Å². The predicted octanol–water partition coefficient (Wildman–Crippen LogP) is 1.51. The normalized spacial score (nSPS) is 27.5. The summed E-state index contributed by atoms with van der Waals surface area (Å²) in [4.78, 5) is 22.0. The second-order valence-electron chi connectivity index (χ2n) is 7.64. The molecular weight excluding hydrogens is 316 g/mol. The molecule has 1 aliphatic carbocycles. The molecule has 2 aliphatic heterocycles. The largest absolute Gasteiger partial charge is 0.378 e. The van der Waals surface area contributed by atoms with Crippen molar-refractivity contribution in [3.63, 3.8) is 0 Å². The molecule has 3 aliphatic rings. The fourth-order valence-electron chi connectivity index (χ4n) is 4.40. The Labute approximate surface area is 147 Å². The molecular formula is C19H24N4O2. The molecule has 0 N–H and O–H groups in total. The summed E-state index contributed by atoms with van der Waals surface area (Å²) < 4.78 is 7.83. The number of carbonyl (C=O) groups is 1. The van der Waals surface area contributed by atoms with Crippen molar-refractivity contribution >= 4 is 16.9 Å². The fraction of sp³-hybridized carbons (Fsp3) is 0.579. The number of morpholine rings is 1. The van der Waals surface area contributed by atoms with Crippen LogP contribution in [0.25, 0.3) is 11.0 Å². The number of fused-ring (bicyclic) bond motifs is 2. The van der Waals surface area contributed by atoms with Crippen molar-refractivity contribution in [1.29, 1.82) is 0 Å². The van der Waals surface area contributed by atoms with E-state index in [1.165, 1.54) is 12.8 Å². The Hall–Kier alpha value is -1.92. The number of piperazine rings is 1. The predicted molar refractivity (Wildman–Crippen MR) is 94.4 cm³/mol. The highest BCUT2D eigenvalue weighted by atomic mass is 16.5. The zero-order valence-electron chi connectivity index (χ0n) is 14.6. The van der Waals surface area contributed by atoms with Crippen molar-refractivity contribution in [3.05, 3.63) is 30.1 Å². The van der Waals surface area contributed by atoms with Crippen LogP contribution >= 0.6 is 0 Å². The van der Waals surface area contributed by atoms with E-state index in [4.69, 9.17) is 4.74 Å². The minimum Gasteiger partial charge on any atom is -0.378 e. The van der Waals surface area contributed by atoms with Gasteiger partial charge in [0.2, 0.25) is 0 Å². The number of amides is 1. The first-order valence-electron chi connectivity index (χ1n) is 9.24. The summed E-state index contributed by atoms with van der Waals surface area (Å²) in [6.07, 6.45) is 4.46. The molecule has 1 aromatic heterocycles. The molecule has 25 heavy (non-hydrogen) atoms. The van der Waals surface area contributed by atoms with Crippen molar-refractivity contribution in [2.75, 3.05) is 32.8 Å². The Morgan fingerprint density at radius 2 is 2.12 bits per heavy atom. The average molecular weight is 340 g/mol. The summed E-state index contributed by atoms with van der Waals surface area (Å²) in [5, 5.41) is 0. The van der Waals surface area contributed by atoms with Crippen LogP contribution in [-0.4, -0.2) is 70.2 Å². The molecule has 1 saturated carbocycles. The van der Waals surface area contributed by atoms with Gasteiger partial charge in [0.05, 0.1) is 36.6 Å². The van der Waals surface area contributed by atoms with Crippen LogP contribution in [0.1, 0.15) is 23.2 Å². The standard InChI is InChI=1S/C19H24N4O2/c1-21-12-20-16-8-14(4-5-17(16)21)19(24)22-6-7-23-15(9-22)10-25-11-18(23)13-2-3-13/h4-5,8,12-13,15,18H,2-3,6-7,9-11H2,1H3/t15-,18-/m1/s1. The van der Waals surface area contributed by atoms with Gasteiger partial charge in [-0.05, 0) is 37.0 Å². The van der Waals surface area contributed by atoms with Gasteiger partial charge in [-0.2, -0.15) is 0 Å². The zero-order valence-corrected chi connectivity index (χ0v) is 14.6. The van der Waals surface area contributed by atoms with Gasteiger partial charge in [0.1, 0.15) is 0 Å². The van der Waals surface area contributed by atoms with E-state index in [0.29, 0.717) is 12.1 Å². The van der Waals surface area contributed by atoms with Crippen molar-refractivity contribution in [3.8, 4) is 0 Å². The summed E-state index contributed by atoms with van der Waals surface area (Å²) in [7, 11) is 1.97. The molecule has 1 amide bonds. The minimum absolute atomic E-state index is 0.112. The van der Waals surface area contributed by atoms with Crippen LogP contribution in [0.2, 0.25) is 0 Å². The first kappa shape index (κ1) is 15.3. The van der Waals surface area contributed by atoms with Gasteiger partial charge < -0.3 is 14.2 Å². The molecule has 2 atom stereocenters. The van der Waals surface area contributed by atoms with Crippen LogP contribution in [0.4, 0.5) is 0 Å². The zero-order chi connectivity index (χ0) is 17.0. The van der Waals surface area contributed by atoms with E-state index in [0.717, 1.165) is 55.4 Å². The molecule has 0 bridgehead atoms. The van der Waals surface area contributed by atoms with Gasteiger partial charge in [-0.3, -0.25) is 9.69 Å². The highest BCUT2D eigenvalue weighted by Gasteiger charge is 2.43. The number of aromatic nitrogens is 2. The molecule has 3 heterocycles. The van der Waals surface area contributed by atoms with Gasteiger partial charge in [0, 0.05) is 38.3 Å². The molecule has 0 radical (unpaired) electrons. The molecule has 6 heteroatoms. The second kappa shape index (κ2) is 5.81. The first-order chi connectivity index (χ1) is 12.2. The van der Waals surface area contributed by atoms with E-state index in [2.05, 4.69) is 9.88 Å². The minimum atomic E-state index is 0.112. The second-order valence-corrected chi connectivity index (χ2v) is 7.64. The molecule has 2 saturated heterocycles. The average Bonchev–Trinajstić information content (AvgIpc) is 3.43. The van der Waals surface area contributed by atoms with Gasteiger partial charge in [-0.15, -0.1) is 0 Å². The van der Waals surface area contributed by atoms with Crippen molar-refractivity contribution in [1.82, 2.24) is 19.4 Å². The Bertz CT molecular complexity index is 813. The fourth-order valence-corrected chi connectivity index (χ4v) is 4.40. The van der Waals surface area contributed by atoms with Crippen LogP contribution in [0.3, 0.4) is 0 Å². The van der Waals surface area contributed by atoms with Gasteiger partial charge in [-0.1, -0.05) is 0 Å². The first-order valence-corrected chi connectivity index (χ1v) is 9.24. The van der Waals surface area contributed by atoms with Gasteiger partial charge >= 0.3 is 0 Å². The molecule has 2 aromatic rings. The third-order valence-corrected chi connectivity index (χ3v) is 5.98. The molecule has 1 aromatic carbocycles. The van der Waals surface area contributed by atoms with Crippen LogP contribution in [0, 0.1) is 5.92 Å². The van der Waals surface area contributed by atoms with Gasteiger partial charge in [0.15, 0.2) is 0 Å². The number of hydrogen-bond acceptors (Lipinski definition) is 4. The number of hydrogen-bond donors (Lipinski definition) is 0. The number of carbonyl (C=O) groups excluding carboxylic acids is 1. The van der Waals surface area contributed by atoms with E-state index in [9.17, 15) is 4.79 Å². The van der Waals surface area contributed by atoms with Crippen LogP contribution in [-0.2, 0) is 11.8 Å². The molecule has 0 unspecified atom stereocenters. The van der Waals surface area contributed by atoms with Crippen LogP contribution in [0.5, 0.6) is 0 Å². The summed E-state index contributed by atoms with van der Waals surface area (Å²) in [6.45, 7) is 4.14. The number of imidazole rings is 1. The Balaban J connectivity index is 1.33. The number of rotatable bonds is 2. The summed E-state index contributed by atoms with van der Waals surface area (Å²) >= 11 is 0. The number of benzene rings is 1. The molecule has 3 fully saturated rings. The van der Waals surface area contributed by atoms with E-state index in [-0.39, 0.29) is 5.91 Å². The summed E-state index contributed by atoms with van der Waals surface area (Å²) in [5.41, 5.74) is 2.66. The lowest BCUT2D eigenvalue weighted by molar-refractivity contribution is -0.0816. The molecule has 6 nitrogen and oxygen atoms in total. The highest BCUT2D eigenvalue weighted by Crippen LogP contribution is 2.38. The van der Waals surface area contributed by atoms with E-state index >= 15 is 0 Å². The summed E-state index contributed by atoms with van der Waals surface area (Å²) in [5.74, 6) is 0.928. The smallest absolute Gasteiger partial charge is 0.254 e. The van der Waals surface area contributed by atoms with E-state index in [1.54, 1.807) is 6.33 Å². The van der Waals surface area contributed by atoms with Gasteiger partial charge in [0.25, 0.3) is 5.91 Å². The maximum Gasteiger partial charge on any atom is 0.254 e. The Morgan fingerprint density at radius 3 is 2.96 bits per heavy atom. The number of aryl methyl sites for hydroxylation is 1. The molecule has 132 valence electrons. The van der Waals surface area contributed by atoms with E-state index < -0.39 is 0 Å². The SMILES string of the molecule is Cn1cnc2cc(C(=O)N3CCN4[C@@H](COC[C@@H]4C4CC4)C3)ccc21. The third kappa shape index (κ3) is 2.64. The lowest BCUT2D eigenvalue weighted by Gasteiger charge is -2.48. The van der Waals surface area contributed by atoms with Crippen molar-refractivity contribution in [2.45, 2.75) is 24.9 Å². The maximum absolute atomic E-state index is 13.0. The molecule has 5 rings (SSSR count). The number of nitrogens with zero attached hydrogens (tertiary/aromatic N) is 4. The quantitative estimate of drug-likeness (QED) is 0.832. The van der Waals surface area contributed by atoms with Crippen molar-refractivity contribution < 1.29 is 9.53 Å². The van der Waals surface area contributed by atoms with Gasteiger partial charge in [-0.25, -0.2) is 4.98 Å². The molecule has 0 spiro atoms. The van der Waals surface area contributed by atoms with Crippen LogP contribution in [0.15, 0.2) is 24.5 Å². The summed E-state index contributed by atoms with van der Waals surface area (Å²) in [6, 6.07) is 6.73.